The van der Waals surface area contributed by atoms with Crippen LogP contribution >= 0.6 is 0 Å². The highest BCUT2D eigenvalue weighted by atomic mass is 32.3. The zero-order chi connectivity index (χ0) is 49.6. The minimum absolute atomic E-state index is 0.0354. The number of aliphatic hydroxyl groups is 3. The van der Waals surface area contributed by atoms with Crippen molar-refractivity contribution >= 4 is 16.4 Å². The Morgan fingerprint density at radius 1 is 0.544 bits per heavy atom. The quantitative estimate of drug-likeness (QED) is 0.0196. The third-order valence-corrected chi connectivity index (χ3v) is 13.5. The van der Waals surface area contributed by atoms with Crippen molar-refractivity contribution in [2.75, 3.05) is 26.4 Å². The summed E-state index contributed by atoms with van der Waals surface area (Å²) in [4.78, 5) is 12.9. The van der Waals surface area contributed by atoms with Gasteiger partial charge in [0.25, 0.3) is 0 Å². The Morgan fingerprint density at radius 2 is 0.926 bits per heavy atom. The number of ether oxygens (including phenoxy) is 4. The molecule has 1 rings (SSSR count). The summed E-state index contributed by atoms with van der Waals surface area (Å²) in [5.74, 6) is -0.397. The van der Waals surface area contributed by atoms with E-state index in [1.165, 1.54) is 186 Å². The molecule has 402 valence electrons. The van der Waals surface area contributed by atoms with Gasteiger partial charge in [0, 0.05) is 13.0 Å². The van der Waals surface area contributed by atoms with Crippen molar-refractivity contribution in [3.8, 4) is 0 Å². The number of esters is 1. The molecule has 68 heavy (non-hydrogen) atoms. The molecule has 1 heterocycles. The first-order valence-electron chi connectivity index (χ1n) is 28.1. The number of carbonyl (C=O) groups excluding carboxylic acids is 1. The summed E-state index contributed by atoms with van der Waals surface area (Å²) in [6.07, 6.45) is 46.5. The minimum atomic E-state index is -5.06. The maximum absolute atomic E-state index is 12.9. The molecule has 1 saturated heterocycles. The van der Waals surface area contributed by atoms with Crippen molar-refractivity contribution in [3.63, 3.8) is 0 Å². The Balaban J connectivity index is 2.29. The topological polar surface area (TPSA) is 178 Å². The molecule has 0 aromatic carbocycles. The Bertz CT molecular complexity index is 1280. The average molecular weight is 989 g/mol. The Kier molecular flexibility index (Phi) is 44.3. The highest BCUT2D eigenvalue weighted by molar-refractivity contribution is 7.80. The lowest BCUT2D eigenvalue weighted by molar-refractivity contribution is -0.301. The molecule has 12 nitrogen and oxygen atoms in total. The van der Waals surface area contributed by atoms with Crippen LogP contribution in [0.4, 0.5) is 0 Å². The molecule has 0 aromatic rings. The third-order valence-electron chi connectivity index (χ3n) is 13.0. The van der Waals surface area contributed by atoms with Gasteiger partial charge in [-0.1, -0.05) is 212 Å². The Hall–Kier alpha value is -1.42. The van der Waals surface area contributed by atoms with Crippen molar-refractivity contribution in [3.05, 3.63) is 24.3 Å². The molecule has 0 bridgehead atoms. The van der Waals surface area contributed by atoms with Crippen LogP contribution in [0, 0.1) is 0 Å². The predicted molar refractivity (Wildman–Crippen MR) is 276 cm³/mol. The summed E-state index contributed by atoms with van der Waals surface area (Å²) < 4.78 is 59.3. The standard InChI is InChI=1S/C55H104O12S/c1-3-5-7-9-11-13-15-17-19-21-22-23-24-25-26-27-28-29-30-32-34-36-38-40-42-44-51(57)65-49(48-64-55-53(59)54(67-68(60,61)62)52(58)50(46-56)66-55)47-63-45-43-41-39-37-35-33-31-20-18-16-14-12-10-8-6-4-2/h18,20-22,49-50,52-56,58-59H,3-17,19,23-48H2,1-2H3,(H,60,61,62)/b20-18-,22-21-. The number of hydrogen-bond donors (Lipinski definition) is 4. The molecule has 0 amide bonds. The van der Waals surface area contributed by atoms with Gasteiger partial charge in [0.05, 0.1) is 19.8 Å². The lowest BCUT2D eigenvalue weighted by Crippen LogP contribution is -2.60. The fourth-order valence-electron chi connectivity index (χ4n) is 8.78. The van der Waals surface area contributed by atoms with Gasteiger partial charge < -0.3 is 34.3 Å². The van der Waals surface area contributed by atoms with Crippen molar-refractivity contribution < 1.29 is 56.2 Å². The van der Waals surface area contributed by atoms with Crippen LogP contribution < -0.4 is 0 Å². The molecule has 0 aliphatic carbocycles. The molecular weight excluding hydrogens is 885 g/mol. The van der Waals surface area contributed by atoms with Gasteiger partial charge >= 0.3 is 16.4 Å². The summed E-state index contributed by atoms with van der Waals surface area (Å²) >= 11 is 0. The number of aliphatic hydroxyl groups excluding tert-OH is 3. The number of carbonyl (C=O) groups is 1. The maximum Gasteiger partial charge on any atom is 0.397 e. The van der Waals surface area contributed by atoms with Gasteiger partial charge in [-0.05, 0) is 64.2 Å². The van der Waals surface area contributed by atoms with E-state index in [-0.39, 0.29) is 19.6 Å². The summed E-state index contributed by atoms with van der Waals surface area (Å²) in [5, 5.41) is 30.8. The zero-order valence-corrected chi connectivity index (χ0v) is 44.3. The fourth-order valence-corrected chi connectivity index (χ4v) is 9.29. The van der Waals surface area contributed by atoms with E-state index < -0.39 is 59.8 Å². The van der Waals surface area contributed by atoms with Crippen LogP contribution in [0.25, 0.3) is 0 Å². The van der Waals surface area contributed by atoms with E-state index in [0.717, 1.165) is 44.9 Å². The van der Waals surface area contributed by atoms with Gasteiger partial charge in [-0.15, -0.1) is 0 Å². The number of unbranched alkanes of at least 4 members (excludes halogenated alkanes) is 33. The molecule has 13 heteroatoms. The van der Waals surface area contributed by atoms with Gasteiger partial charge in [-0.3, -0.25) is 9.35 Å². The SMILES string of the molecule is CCCCCCCC/C=C\CCCCCCCCOCC(COC1OC(CO)C(O)C(OS(=O)(=O)O)C1O)OC(=O)CCCCCCCCCCCCCCC/C=C\CCCCCCCCCC. The Labute approximate surface area is 416 Å². The number of rotatable bonds is 50. The molecule has 1 aliphatic rings. The number of allylic oxidation sites excluding steroid dienone is 4. The summed E-state index contributed by atoms with van der Waals surface area (Å²) in [6, 6.07) is 0. The molecule has 0 spiro atoms. The van der Waals surface area contributed by atoms with Crippen LogP contribution in [0.5, 0.6) is 0 Å². The van der Waals surface area contributed by atoms with Gasteiger partial charge in [-0.2, -0.15) is 8.42 Å². The monoisotopic (exact) mass is 989 g/mol. The summed E-state index contributed by atoms with van der Waals surface area (Å²) in [7, 11) is -5.06. The van der Waals surface area contributed by atoms with Crippen molar-refractivity contribution in [1.29, 1.82) is 0 Å². The highest BCUT2D eigenvalue weighted by Gasteiger charge is 2.48. The molecule has 1 aliphatic heterocycles. The smallest absolute Gasteiger partial charge is 0.397 e. The van der Waals surface area contributed by atoms with Crippen LogP contribution in [0.1, 0.15) is 258 Å². The first-order chi connectivity index (χ1) is 33.1. The van der Waals surface area contributed by atoms with Crippen molar-refractivity contribution in [2.24, 2.45) is 0 Å². The van der Waals surface area contributed by atoms with E-state index in [4.69, 9.17) is 18.9 Å². The van der Waals surface area contributed by atoms with Crippen molar-refractivity contribution in [1.82, 2.24) is 0 Å². The summed E-state index contributed by atoms with van der Waals surface area (Å²) in [5.41, 5.74) is 0. The van der Waals surface area contributed by atoms with Crippen LogP contribution in [0.2, 0.25) is 0 Å². The normalized spacial score (nSPS) is 19.4. The van der Waals surface area contributed by atoms with Crippen LogP contribution in [-0.4, -0.2) is 97.5 Å². The van der Waals surface area contributed by atoms with Crippen LogP contribution in [-0.2, 0) is 38.3 Å². The van der Waals surface area contributed by atoms with Crippen molar-refractivity contribution in [2.45, 2.75) is 295 Å². The molecule has 0 radical (unpaired) electrons. The molecule has 0 aromatic heterocycles. The van der Waals surface area contributed by atoms with E-state index in [9.17, 15) is 33.1 Å². The molecule has 6 unspecified atom stereocenters. The summed E-state index contributed by atoms with van der Waals surface area (Å²) in [6.45, 7) is 4.02. The van der Waals surface area contributed by atoms with E-state index >= 15 is 0 Å². The maximum atomic E-state index is 12.9. The lowest BCUT2D eigenvalue weighted by Gasteiger charge is -2.41. The largest absolute Gasteiger partial charge is 0.457 e. The molecule has 6 atom stereocenters. The van der Waals surface area contributed by atoms with Crippen LogP contribution in [0.15, 0.2) is 24.3 Å². The van der Waals surface area contributed by atoms with Crippen LogP contribution in [0.3, 0.4) is 0 Å². The second kappa shape index (κ2) is 46.6. The zero-order valence-electron chi connectivity index (χ0n) is 43.4. The predicted octanol–water partition coefficient (Wildman–Crippen LogP) is 13.5. The molecule has 0 saturated carbocycles. The molecule has 1 fully saturated rings. The second-order valence-electron chi connectivity index (χ2n) is 19.5. The first-order valence-corrected chi connectivity index (χ1v) is 29.5. The molecule has 4 N–H and O–H groups in total. The van der Waals surface area contributed by atoms with E-state index in [0.29, 0.717) is 13.0 Å². The number of hydrogen-bond acceptors (Lipinski definition) is 11. The second-order valence-corrected chi connectivity index (χ2v) is 20.6. The van der Waals surface area contributed by atoms with E-state index in [1.54, 1.807) is 0 Å². The highest BCUT2D eigenvalue weighted by Crippen LogP contribution is 2.26. The minimum Gasteiger partial charge on any atom is -0.457 e. The lowest BCUT2D eigenvalue weighted by atomic mass is 9.99. The molecular formula is C55H104O12S. The van der Waals surface area contributed by atoms with E-state index in [2.05, 4.69) is 42.3 Å². The van der Waals surface area contributed by atoms with E-state index in [1.807, 2.05) is 0 Å². The first kappa shape index (κ1) is 64.6. The van der Waals surface area contributed by atoms with Gasteiger partial charge in [0.1, 0.15) is 30.5 Å². The third kappa shape index (κ3) is 39.2. The fraction of sp³-hybridized carbons (Fsp3) is 0.909. The Morgan fingerprint density at radius 3 is 1.32 bits per heavy atom. The van der Waals surface area contributed by atoms with Gasteiger partial charge in [0.15, 0.2) is 6.29 Å². The van der Waals surface area contributed by atoms with Gasteiger partial charge in [-0.25, -0.2) is 4.18 Å². The average Bonchev–Trinajstić information content (AvgIpc) is 3.31. The van der Waals surface area contributed by atoms with Gasteiger partial charge in [0.2, 0.25) is 0 Å².